The first-order chi connectivity index (χ1) is 7.72. The molecule has 0 aliphatic carbocycles. The zero-order valence-corrected chi connectivity index (χ0v) is 12.8. The lowest BCUT2D eigenvalue weighted by Crippen LogP contribution is -2.38. The van der Waals surface area contributed by atoms with Crippen LogP contribution in [-0.4, -0.2) is 28.3 Å². The van der Waals surface area contributed by atoms with Gasteiger partial charge in [0.2, 0.25) is 0 Å². The van der Waals surface area contributed by atoms with Gasteiger partial charge in [0, 0.05) is 31.5 Å². The topological polar surface area (TPSA) is 68.2 Å². The SMILES string of the molecule is CCC(C)NC(N)=NCCCn1cccn1.I. The molecule has 3 N–H and O–H groups in total. The van der Waals surface area contributed by atoms with Crippen molar-refractivity contribution < 1.29 is 0 Å². The zero-order valence-electron chi connectivity index (χ0n) is 10.5. The van der Waals surface area contributed by atoms with Crippen LogP contribution in [-0.2, 0) is 6.54 Å². The number of hydrogen-bond acceptors (Lipinski definition) is 2. The molecule has 0 saturated carbocycles. The molecule has 0 saturated heterocycles. The van der Waals surface area contributed by atoms with Gasteiger partial charge in [0.15, 0.2) is 5.96 Å². The van der Waals surface area contributed by atoms with E-state index >= 15 is 0 Å². The molecule has 0 bridgehead atoms. The largest absolute Gasteiger partial charge is 0.370 e. The maximum Gasteiger partial charge on any atom is 0.188 e. The van der Waals surface area contributed by atoms with Crippen molar-refractivity contribution >= 4 is 29.9 Å². The third-order valence-electron chi connectivity index (χ3n) is 2.39. The summed E-state index contributed by atoms with van der Waals surface area (Å²) in [5, 5.41) is 7.24. The molecule has 17 heavy (non-hydrogen) atoms. The molecule has 1 rings (SSSR count). The second kappa shape index (κ2) is 9.26. The molecule has 6 heteroatoms. The lowest BCUT2D eigenvalue weighted by atomic mass is 10.3. The third-order valence-corrected chi connectivity index (χ3v) is 2.39. The standard InChI is InChI=1S/C11H21N5.HI/c1-3-10(2)15-11(12)13-6-4-8-16-9-5-7-14-16;/h5,7,9-10H,3-4,6,8H2,1-2H3,(H3,12,13,15);1H. The second-order valence-electron chi connectivity index (χ2n) is 3.84. The first kappa shape index (κ1) is 16.2. The van der Waals surface area contributed by atoms with Gasteiger partial charge in [-0.15, -0.1) is 24.0 Å². The van der Waals surface area contributed by atoms with Gasteiger partial charge in [-0.05, 0) is 25.8 Å². The van der Waals surface area contributed by atoms with E-state index in [-0.39, 0.29) is 24.0 Å². The fourth-order valence-corrected chi connectivity index (χ4v) is 1.27. The Kier molecular flexibility index (Phi) is 8.83. The Morgan fingerprint density at radius 1 is 1.59 bits per heavy atom. The monoisotopic (exact) mass is 351 g/mol. The highest BCUT2D eigenvalue weighted by Gasteiger charge is 1.98. The Balaban J connectivity index is 0.00000256. The van der Waals surface area contributed by atoms with E-state index in [1.165, 1.54) is 0 Å². The summed E-state index contributed by atoms with van der Waals surface area (Å²) >= 11 is 0. The molecule has 1 aromatic heterocycles. The van der Waals surface area contributed by atoms with E-state index in [4.69, 9.17) is 5.73 Å². The lowest BCUT2D eigenvalue weighted by Gasteiger charge is -2.11. The highest BCUT2D eigenvalue weighted by Crippen LogP contribution is 1.90. The minimum absolute atomic E-state index is 0. The van der Waals surface area contributed by atoms with Crippen LogP contribution in [0.15, 0.2) is 23.5 Å². The number of nitrogens with one attached hydrogen (secondary N) is 1. The molecular formula is C11H22IN5. The predicted octanol–water partition coefficient (Wildman–Crippen LogP) is 1.59. The molecule has 0 aliphatic rings. The quantitative estimate of drug-likeness (QED) is 0.354. The fourth-order valence-electron chi connectivity index (χ4n) is 1.27. The van der Waals surface area contributed by atoms with Crippen LogP contribution in [0.2, 0.25) is 0 Å². The average Bonchev–Trinajstić information content (AvgIpc) is 2.77. The number of nitrogens with two attached hydrogens (primary N) is 1. The smallest absolute Gasteiger partial charge is 0.188 e. The van der Waals surface area contributed by atoms with E-state index in [0.29, 0.717) is 12.0 Å². The summed E-state index contributed by atoms with van der Waals surface area (Å²) in [5.41, 5.74) is 5.73. The first-order valence-corrected chi connectivity index (χ1v) is 5.76. The molecule has 0 spiro atoms. The third kappa shape index (κ3) is 7.19. The summed E-state index contributed by atoms with van der Waals surface area (Å²) in [6.07, 6.45) is 5.72. The van der Waals surface area contributed by atoms with Gasteiger partial charge in [0.1, 0.15) is 0 Å². The number of aliphatic imine (C=N–C) groups is 1. The lowest BCUT2D eigenvalue weighted by molar-refractivity contribution is 0.582. The van der Waals surface area contributed by atoms with Gasteiger partial charge in [-0.25, -0.2) is 0 Å². The van der Waals surface area contributed by atoms with Crippen LogP contribution >= 0.6 is 24.0 Å². The Labute approximate surface area is 120 Å². The number of guanidine groups is 1. The Morgan fingerprint density at radius 2 is 2.35 bits per heavy atom. The number of aromatic nitrogens is 2. The molecular weight excluding hydrogens is 329 g/mol. The molecule has 5 nitrogen and oxygen atoms in total. The summed E-state index contributed by atoms with van der Waals surface area (Å²) in [6, 6.07) is 2.30. The zero-order chi connectivity index (χ0) is 11.8. The van der Waals surface area contributed by atoms with E-state index in [1.807, 2.05) is 16.9 Å². The van der Waals surface area contributed by atoms with Gasteiger partial charge in [-0.1, -0.05) is 6.92 Å². The van der Waals surface area contributed by atoms with Crippen molar-refractivity contribution in [1.29, 1.82) is 0 Å². The number of rotatable bonds is 6. The van der Waals surface area contributed by atoms with Gasteiger partial charge >= 0.3 is 0 Å². The molecule has 1 unspecified atom stereocenters. The summed E-state index contributed by atoms with van der Waals surface area (Å²) < 4.78 is 1.90. The molecule has 0 fully saturated rings. The summed E-state index contributed by atoms with van der Waals surface area (Å²) in [4.78, 5) is 4.25. The van der Waals surface area contributed by atoms with Crippen LogP contribution in [0.1, 0.15) is 26.7 Å². The van der Waals surface area contributed by atoms with Crippen molar-refractivity contribution in [2.24, 2.45) is 10.7 Å². The first-order valence-electron chi connectivity index (χ1n) is 5.76. The molecule has 1 aromatic rings. The fraction of sp³-hybridized carbons (Fsp3) is 0.636. The van der Waals surface area contributed by atoms with E-state index in [0.717, 1.165) is 25.9 Å². The van der Waals surface area contributed by atoms with Crippen molar-refractivity contribution in [3.05, 3.63) is 18.5 Å². The summed E-state index contributed by atoms with van der Waals surface area (Å²) in [6.45, 7) is 5.82. The van der Waals surface area contributed by atoms with E-state index in [2.05, 4.69) is 29.3 Å². The van der Waals surface area contributed by atoms with Crippen molar-refractivity contribution in [1.82, 2.24) is 15.1 Å². The Hall–Kier alpha value is -0.790. The number of halogens is 1. The molecule has 1 heterocycles. The second-order valence-corrected chi connectivity index (χ2v) is 3.84. The van der Waals surface area contributed by atoms with E-state index in [1.54, 1.807) is 6.20 Å². The van der Waals surface area contributed by atoms with E-state index in [9.17, 15) is 0 Å². The number of nitrogens with zero attached hydrogens (tertiary/aromatic N) is 3. The Bertz CT molecular complexity index is 310. The minimum Gasteiger partial charge on any atom is -0.370 e. The van der Waals surface area contributed by atoms with E-state index < -0.39 is 0 Å². The highest BCUT2D eigenvalue weighted by atomic mass is 127. The maximum absolute atomic E-state index is 5.73. The van der Waals surface area contributed by atoms with Gasteiger partial charge in [0.25, 0.3) is 0 Å². The van der Waals surface area contributed by atoms with Gasteiger partial charge in [0.05, 0.1) is 0 Å². The molecule has 0 radical (unpaired) electrons. The van der Waals surface area contributed by atoms with Crippen molar-refractivity contribution in [3.8, 4) is 0 Å². The summed E-state index contributed by atoms with van der Waals surface area (Å²) in [7, 11) is 0. The molecule has 98 valence electrons. The number of aryl methyl sites for hydroxylation is 1. The molecule has 0 aromatic carbocycles. The molecule has 1 atom stereocenters. The van der Waals surface area contributed by atoms with Gasteiger partial charge in [-0.3, -0.25) is 9.67 Å². The van der Waals surface area contributed by atoms with Crippen LogP contribution in [0, 0.1) is 0 Å². The van der Waals surface area contributed by atoms with Crippen molar-refractivity contribution in [2.45, 2.75) is 39.3 Å². The van der Waals surface area contributed by atoms with Crippen LogP contribution in [0.4, 0.5) is 0 Å². The highest BCUT2D eigenvalue weighted by molar-refractivity contribution is 14.0. The normalized spacial score (nSPS) is 12.9. The predicted molar refractivity (Wildman–Crippen MR) is 81.6 cm³/mol. The van der Waals surface area contributed by atoms with Crippen molar-refractivity contribution in [3.63, 3.8) is 0 Å². The molecule has 0 aliphatic heterocycles. The van der Waals surface area contributed by atoms with Crippen LogP contribution in [0.25, 0.3) is 0 Å². The average molecular weight is 351 g/mol. The maximum atomic E-state index is 5.73. The molecule has 0 amide bonds. The van der Waals surface area contributed by atoms with Crippen LogP contribution in [0.3, 0.4) is 0 Å². The van der Waals surface area contributed by atoms with Gasteiger partial charge < -0.3 is 11.1 Å². The summed E-state index contributed by atoms with van der Waals surface area (Å²) in [5.74, 6) is 0.537. The van der Waals surface area contributed by atoms with Crippen LogP contribution in [0.5, 0.6) is 0 Å². The number of hydrogen-bond donors (Lipinski definition) is 2. The minimum atomic E-state index is 0. The van der Waals surface area contributed by atoms with Crippen LogP contribution < -0.4 is 11.1 Å². The van der Waals surface area contributed by atoms with Crippen molar-refractivity contribution in [2.75, 3.05) is 6.54 Å². The van der Waals surface area contributed by atoms with Gasteiger partial charge in [-0.2, -0.15) is 5.10 Å². The Morgan fingerprint density at radius 3 is 2.94 bits per heavy atom.